The molecule has 58 valence electrons. The lowest BCUT2D eigenvalue weighted by Gasteiger charge is -1.91. The summed E-state index contributed by atoms with van der Waals surface area (Å²) >= 11 is 0. The van der Waals surface area contributed by atoms with Crippen molar-refractivity contribution in [2.24, 2.45) is 0 Å². The second kappa shape index (κ2) is 4.51. The van der Waals surface area contributed by atoms with Crippen molar-refractivity contribution in [1.29, 1.82) is 0 Å². The van der Waals surface area contributed by atoms with E-state index in [0.29, 0.717) is 0 Å². The SMILES string of the molecule is C=C(CC(=O)O)C(=O)O.O. The Bertz CT molecular complexity index is 159. The first-order valence-corrected chi connectivity index (χ1v) is 2.17. The van der Waals surface area contributed by atoms with Crippen molar-refractivity contribution in [3.63, 3.8) is 0 Å². The molecule has 0 rings (SSSR count). The predicted octanol–water partition coefficient (Wildman–Crippen LogP) is -0.723. The minimum absolute atomic E-state index is 0. The molecule has 0 aliphatic carbocycles. The Balaban J connectivity index is 0. The van der Waals surface area contributed by atoms with Crippen LogP contribution in [-0.4, -0.2) is 27.6 Å². The molecule has 0 atom stereocenters. The summed E-state index contributed by atoms with van der Waals surface area (Å²) in [7, 11) is 0. The Morgan fingerprint density at radius 3 is 1.80 bits per heavy atom. The third-order valence-electron chi connectivity index (χ3n) is 0.667. The highest BCUT2D eigenvalue weighted by Gasteiger charge is 2.07. The molecule has 5 heteroatoms. The average molecular weight is 148 g/mol. The van der Waals surface area contributed by atoms with E-state index >= 15 is 0 Å². The normalized spacial score (nSPS) is 7.60. The first-order chi connectivity index (χ1) is 4.04. The van der Waals surface area contributed by atoms with Crippen LogP contribution < -0.4 is 0 Å². The van der Waals surface area contributed by atoms with Gasteiger partial charge in [0.05, 0.1) is 6.42 Å². The van der Waals surface area contributed by atoms with Gasteiger partial charge in [0.2, 0.25) is 0 Å². The second-order valence-corrected chi connectivity index (χ2v) is 1.48. The lowest BCUT2D eigenvalue weighted by Crippen LogP contribution is -2.04. The Hall–Kier alpha value is -1.36. The molecule has 0 unspecified atom stereocenters. The van der Waals surface area contributed by atoms with Crippen molar-refractivity contribution in [1.82, 2.24) is 0 Å². The van der Waals surface area contributed by atoms with Gasteiger partial charge < -0.3 is 15.7 Å². The molecule has 0 bridgehead atoms. The van der Waals surface area contributed by atoms with Crippen molar-refractivity contribution in [3.05, 3.63) is 12.2 Å². The van der Waals surface area contributed by atoms with Crippen molar-refractivity contribution in [2.75, 3.05) is 0 Å². The van der Waals surface area contributed by atoms with E-state index in [4.69, 9.17) is 10.2 Å². The van der Waals surface area contributed by atoms with E-state index in [2.05, 4.69) is 6.58 Å². The van der Waals surface area contributed by atoms with Gasteiger partial charge in [-0.15, -0.1) is 0 Å². The molecule has 0 aromatic heterocycles. The Morgan fingerprint density at radius 2 is 1.70 bits per heavy atom. The molecule has 10 heavy (non-hydrogen) atoms. The zero-order valence-electron chi connectivity index (χ0n) is 5.13. The molecule has 0 fully saturated rings. The lowest BCUT2D eigenvalue weighted by atomic mass is 10.2. The van der Waals surface area contributed by atoms with Gasteiger partial charge in [-0.2, -0.15) is 0 Å². The van der Waals surface area contributed by atoms with Crippen LogP contribution in [0.1, 0.15) is 6.42 Å². The third-order valence-corrected chi connectivity index (χ3v) is 0.667. The number of rotatable bonds is 3. The summed E-state index contributed by atoms with van der Waals surface area (Å²) in [6, 6.07) is 0. The van der Waals surface area contributed by atoms with Crippen molar-refractivity contribution < 1.29 is 25.3 Å². The van der Waals surface area contributed by atoms with E-state index in [1.54, 1.807) is 0 Å². The van der Waals surface area contributed by atoms with Crippen molar-refractivity contribution >= 4 is 11.9 Å². The van der Waals surface area contributed by atoms with Crippen LogP contribution in [0.25, 0.3) is 0 Å². The smallest absolute Gasteiger partial charge is 0.331 e. The molecule has 0 aliphatic rings. The second-order valence-electron chi connectivity index (χ2n) is 1.48. The van der Waals surface area contributed by atoms with E-state index < -0.39 is 18.4 Å². The van der Waals surface area contributed by atoms with E-state index in [-0.39, 0.29) is 11.0 Å². The summed E-state index contributed by atoms with van der Waals surface area (Å²) in [6.07, 6.45) is -0.505. The zero-order chi connectivity index (χ0) is 7.44. The predicted molar refractivity (Wildman–Crippen MR) is 32.6 cm³/mol. The molecular formula is C5H8O5. The molecule has 0 aliphatic heterocycles. The standard InChI is InChI=1S/C5H6O4.H2O/c1-3(5(8)9)2-4(6)7;/h1-2H2,(H,6,7)(H,8,9);1H2. The van der Waals surface area contributed by atoms with Crippen LogP contribution >= 0.6 is 0 Å². The third kappa shape index (κ3) is 4.79. The molecule has 0 radical (unpaired) electrons. The molecule has 0 aromatic rings. The quantitative estimate of drug-likeness (QED) is 0.515. The minimum atomic E-state index is -1.27. The van der Waals surface area contributed by atoms with Crippen LogP contribution in [0.3, 0.4) is 0 Å². The number of carboxylic acids is 2. The number of hydrogen-bond acceptors (Lipinski definition) is 2. The molecular weight excluding hydrogens is 140 g/mol. The maximum atomic E-state index is 9.87. The lowest BCUT2D eigenvalue weighted by molar-refractivity contribution is -0.139. The molecule has 0 heterocycles. The van der Waals surface area contributed by atoms with E-state index in [0.717, 1.165) is 0 Å². The monoisotopic (exact) mass is 148 g/mol. The molecule has 5 nitrogen and oxygen atoms in total. The molecule has 0 spiro atoms. The van der Waals surface area contributed by atoms with Crippen LogP contribution in [0.15, 0.2) is 12.2 Å². The van der Waals surface area contributed by atoms with Crippen LogP contribution in [0.2, 0.25) is 0 Å². The maximum Gasteiger partial charge on any atom is 0.331 e. The largest absolute Gasteiger partial charge is 0.481 e. The number of hydrogen-bond donors (Lipinski definition) is 2. The van der Waals surface area contributed by atoms with E-state index in [1.165, 1.54) is 0 Å². The Morgan fingerprint density at radius 1 is 1.30 bits per heavy atom. The van der Waals surface area contributed by atoms with Crippen molar-refractivity contribution in [2.45, 2.75) is 6.42 Å². The van der Waals surface area contributed by atoms with Gasteiger partial charge in [-0.05, 0) is 0 Å². The van der Waals surface area contributed by atoms with Gasteiger partial charge in [0.15, 0.2) is 0 Å². The van der Waals surface area contributed by atoms with Crippen LogP contribution in [-0.2, 0) is 9.59 Å². The summed E-state index contributed by atoms with van der Waals surface area (Å²) < 4.78 is 0. The van der Waals surface area contributed by atoms with Gasteiger partial charge in [-0.3, -0.25) is 4.79 Å². The topological polar surface area (TPSA) is 106 Å². The summed E-state index contributed by atoms with van der Waals surface area (Å²) in [6.45, 7) is 3.01. The molecule has 4 N–H and O–H groups in total. The fourth-order valence-corrected chi connectivity index (χ4v) is 0.258. The number of carboxylic acid groups (broad SMARTS) is 2. The molecule has 0 saturated heterocycles. The zero-order valence-corrected chi connectivity index (χ0v) is 5.13. The Labute approximate surface area is 56.9 Å². The molecule has 0 amide bonds. The highest BCUT2D eigenvalue weighted by molar-refractivity contribution is 5.91. The summed E-state index contributed by atoms with van der Waals surface area (Å²) in [5.41, 5.74) is -0.303. The van der Waals surface area contributed by atoms with E-state index in [1.807, 2.05) is 0 Å². The van der Waals surface area contributed by atoms with Gasteiger partial charge in [0.25, 0.3) is 0 Å². The fraction of sp³-hybridized carbons (Fsp3) is 0.200. The first kappa shape index (κ1) is 11.4. The van der Waals surface area contributed by atoms with Crippen molar-refractivity contribution in [3.8, 4) is 0 Å². The van der Waals surface area contributed by atoms with Gasteiger partial charge >= 0.3 is 11.9 Å². The van der Waals surface area contributed by atoms with Gasteiger partial charge in [-0.1, -0.05) is 6.58 Å². The summed E-state index contributed by atoms with van der Waals surface area (Å²) in [5.74, 6) is -2.44. The number of carbonyl (C=O) groups is 2. The Kier molecular flexibility index (Phi) is 5.16. The van der Waals surface area contributed by atoms with Gasteiger partial charge in [0.1, 0.15) is 0 Å². The number of aliphatic carboxylic acids is 2. The van der Waals surface area contributed by atoms with Crippen LogP contribution in [0, 0.1) is 0 Å². The highest BCUT2D eigenvalue weighted by atomic mass is 16.4. The van der Waals surface area contributed by atoms with Crippen LogP contribution in [0.5, 0.6) is 0 Å². The molecule has 0 saturated carbocycles. The summed E-state index contributed by atoms with van der Waals surface area (Å²) in [5, 5.41) is 16.1. The van der Waals surface area contributed by atoms with Gasteiger partial charge in [0, 0.05) is 5.57 Å². The fourth-order valence-electron chi connectivity index (χ4n) is 0.258. The van der Waals surface area contributed by atoms with Crippen LogP contribution in [0.4, 0.5) is 0 Å². The minimum Gasteiger partial charge on any atom is -0.481 e. The molecule has 0 aromatic carbocycles. The maximum absolute atomic E-state index is 9.87. The average Bonchev–Trinajstić information content (AvgIpc) is 1.63. The first-order valence-electron chi connectivity index (χ1n) is 2.17. The highest BCUT2D eigenvalue weighted by Crippen LogP contribution is 1.95. The van der Waals surface area contributed by atoms with Gasteiger partial charge in [-0.25, -0.2) is 4.79 Å². The van der Waals surface area contributed by atoms with E-state index in [9.17, 15) is 9.59 Å². The summed E-state index contributed by atoms with van der Waals surface area (Å²) in [4.78, 5) is 19.7.